The third-order valence-corrected chi connectivity index (χ3v) is 4.28. The molecule has 0 spiro atoms. The summed E-state index contributed by atoms with van der Waals surface area (Å²) >= 11 is 0. The molecule has 2 aliphatic rings. The lowest BCUT2D eigenvalue weighted by atomic mass is 9.76. The van der Waals surface area contributed by atoms with Crippen molar-refractivity contribution < 1.29 is 4.74 Å². The molecule has 0 bridgehead atoms. The largest absolute Gasteiger partial charge is 0.496 e. The monoisotopic (exact) mass is 238 g/mol. The van der Waals surface area contributed by atoms with Crippen LogP contribution in [0.3, 0.4) is 0 Å². The van der Waals surface area contributed by atoms with Gasteiger partial charge in [0.1, 0.15) is 5.76 Å². The third-order valence-electron chi connectivity index (χ3n) is 4.28. The highest BCUT2D eigenvalue weighted by Crippen LogP contribution is 2.35. The van der Waals surface area contributed by atoms with Gasteiger partial charge in [0.05, 0.1) is 12.6 Å². The standard InChI is InChI=1S/C14H26N2O/c1-2-4-11-6-8-12(9-7-11)14(16-15)13-5-3-10-17-13/h5,11-12,14,16H,2-4,6-10,15H2,1H3. The van der Waals surface area contributed by atoms with Gasteiger partial charge >= 0.3 is 0 Å². The maximum Gasteiger partial charge on any atom is 0.111 e. The van der Waals surface area contributed by atoms with Crippen LogP contribution in [0, 0.1) is 11.8 Å². The van der Waals surface area contributed by atoms with Crippen LogP contribution in [-0.2, 0) is 4.74 Å². The second kappa shape index (κ2) is 6.41. The van der Waals surface area contributed by atoms with Crippen molar-refractivity contribution in [1.29, 1.82) is 0 Å². The van der Waals surface area contributed by atoms with E-state index in [1.54, 1.807) is 0 Å². The molecule has 1 heterocycles. The average Bonchev–Trinajstić information content (AvgIpc) is 2.86. The lowest BCUT2D eigenvalue weighted by Crippen LogP contribution is -2.43. The molecule has 1 atom stereocenters. The molecule has 0 saturated heterocycles. The van der Waals surface area contributed by atoms with Crippen molar-refractivity contribution in [1.82, 2.24) is 5.43 Å². The van der Waals surface area contributed by atoms with Crippen LogP contribution in [0.25, 0.3) is 0 Å². The zero-order chi connectivity index (χ0) is 12.1. The number of nitrogens with two attached hydrogens (primary N) is 1. The topological polar surface area (TPSA) is 47.3 Å². The summed E-state index contributed by atoms with van der Waals surface area (Å²) in [5.74, 6) is 8.41. The fourth-order valence-electron chi connectivity index (χ4n) is 3.32. The van der Waals surface area contributed by atoms with Crippen LogP contribution in [0.4, 0.5) is 0 Å². The van der Waals surface area contributed by atoms with Crippen molar-refractivity contribution in [3.05, 3.63) is 11.8 Å². The van der Waals surface area contributed by atoms with Crippen LogP contribution in [-0.4, -0.2) is 12.6 Å². The maximum atomic E-state index is 5.71. The highest BCUT2D eigenvalue weighted by atomic mass is 16.5. The third kappa shape index (κ3) is 3.23. The van der Waals surface area contributed by atoms with Crippen LogP contribution >= 0.6 is 0 Å². The van der Waals surface area contributed by atoms with Gasteiger partial charge in [-0.05, 0) is 30.8 Å². The lowest BCUT2D eigenvalue weighted by Gasteiger charge is -2.33. The molecule has 3 N–H and O–H groups in total. The van der Waals surface area contributed by atoms with E-state index in [0.717, 1.165) is 24.7 Å². The zero-order valence-corrected chi connectivity index (χ0v) is 11.0. The quantitative estimate of drug-likeness (QED) is 0.572. The molecular formula is C14H26N2O. The van der Waals surface area contributed by atoms with Crippen LogP contribution in [0.2, 0.25) is 0 Å². The first-order chi connectivity index (χ1) is 8.35. The fourth-order valence-corrected chi connectivity index (χ4v) is 3.32. The number of ether oxygens (including phenoxy) is 1. The van der Waals surface area contributed by atoms with Gasteiger partial charge in [0.25, 0.3) is 0 Å². The molecule has 0 radical (unpaired) electrons. The van der Waals surface area contributed by atoms with Crippen molar-refractivity contribution in [2.45, 2.75) is 57.9 Å². The van der Waals surface area contributed by atoms with Crippen LogP contribution in [0.1, 0.15) is 51.9 Å². The van der Waals surface area contributed by atoms with E-state index in [1.807, 2.05) is 0 Å². The van der Waals surface area contributed by atoms with Crippen LogP contribution in [0.15, 0.2) is 11.8 Å². The minimum atomic E-state index is 0.250. The predicted octanol–water partition coefficient (Wildman–Crippen LogP) is 2.73. The molecule has 1 unspecified atom stereocenters. The minimum Gasteiger partial charge on any atom is -0.496 e. The zero-order valence-electron chi connectivity index (χ0n) is 11.0. The average molecular weight is 238 g/mol. The molecule has 1 saturated carbocycles. The van der Waals surface area contributed by atoms with Gasteiger partial charge in [0, 0.05) is 6.42 Å². The van der Waals surface area contributed by atoms with Gasteiger partial charge in [-0.3, -0.25) is 5.84 Å². The van der Waals surface area contributed by atoms with Crippen LogP contribution in [0.5, 0.6) is 0 Å². The molecule has 3 nitrogen and oxygen atoms in total. The van der Waals surface area contributed by atoms with E-state index in [-0.39, 0.29) is 6.04 Å². The fraction of sp³-hybridized carbons (Fsp3) is 0.857. The Hall–Kier alpha value is -0.540. The number of hydrogen-bond donors (Lipinski definition) is 2. The SMILES string of the molecule is CCCC1CCC(C(NN)C2=CCCO2)CC1. The summed E-state index contributed by atoms with van der Waals surface area (Å²) in [6.45, 7) is 3.12. The molecular weight excluding hydrogens is 212 g/mol. The van der Waals surface area contributed by atoms with Crippen molar-refractivity contribution >= 4 is 0 Å². The van der Waals surface area contributed by atoms with E-state index in [9.17, 15) is 0 Å². The normalized spacial score (nSPS) is 30.8. The molecule has 3 heteroatoms. The van der Waals surface area contributed by atoms with E-state index in [2.05, 4.69) is 18.4 Å². The molecule has 98 valence electrons. The Balaban J connectivity index is 1.85. The maximum absolute atomic E-state index is 5.71. The summed E-state index contributed by atoms with van der Waals surface area (Å²) < 4.78 is 5.65. The Labute approximate surface area is 105 Å². The Morgan fingerprint density at radius 2 is 2.18 bits per heavy atom. The van der Waals surface area contributed by atoms with Crippen molar-refractivity contribution in [3.63, 3.8) is 0 Å². The molecule has 0 aromatic carbocycles. The van der Waals surface area contributed by atoms with Gasteiger partial charge in [-0.25, -0.2) is 5.43 Å². The van der Waals surface area contributed by atoms with Gasteiger partial charge in [-0.15, -0.1) is 0 Å². The molecule has 17 heavy (non-hydrogen) atoms. The molecule has 0 amide bonds. The molecule has 1 aliphatic carbocycles. The molecule has 0 aromatic heterocycles. The summed E-state index contributed by atoms with van der Waals surface area (Å²) in [4.78, 5) is 0. The first-order valence-corrected chi connectivity index (χ1v) is 7.14. The first-order valence-electron chi connectivity index (χ1n) is 7.14. The lowest BCUT2D eigenvalue weighted by molar-refractivity contribution is 0.161. The van der Waals surface area contributed by atoms with Gasteiger partial charge in [-0.2, -0.15) is 0 Å². The molecule has 1 aliphatic heterocycles. The second-order valence-electron chi connectivity index (χ2n) is 5.46. The van der Waals surface area contributed by atoms with E-state index in [4.69, 9.17) is 10.6 Å². The van der Waals surface area contributed by atoms with Gasteiger partial charge in [0.15, 0.2) is 0 Å². The predicted molar refractivity (Wildman–Crippen MR) is 70.1 cm³/mol. The van der Waals surface area contributed by atoms with Crippen molar-refractivity contribution in [2.24, 2.45) is 17.7 Å². The summed E-state index contributed by atoms with van der Waals surface area (Å²) in [6, 6.07) is 0.250. The van der Waals surface area contributed by atoms with Gasteiger partial charge < -0.3 is 4.74 Å². The smallest absolute Gasteiger partial charge is 0.111 e. The Kier molecular flexibility index (Phi) is 4.86. The van der Waals surface area contributed by atoms with Crippen molar-refractivity contribution in [3.8, 4) is 0 Å². The minimum absolute atomic E-state index is 0.250. The van der Waals surface area contributed by atoms with Gasteiger partial charge in [0.2, 0.25) is 0 Å². The molecule has 0 aromatic rings. The number of rotatable bonds is 5. The summed E-state index contributed by atoms with van der Waals surface area (Å²) in [5, 5.41) is 0. The highest BCUT2D eigenvalue weighted by Gasteiger charge is 2.30. The van der Waals surface area contributed by atoms with E-state index in [1.165, 1.54) is 38.5 Å². The summed E-state index contributed by atoms with van der Waals surface area (Å²) in [7, 11) is 0. The number of hydrazine groups is 1. The highest BCUT2D eigenvalue weighted by molar-refractivity contribution is 5.09. The Morgan fingerprint density at radius 1 is 1.41 bits per heavy atom. The number of hydrogen-bond acceptors (Lipinski definition) is 3. The summed E-state index contributed by atoms with van der Waals surface area (Å²) in [5.41, 5.74) is 2.97. The Bertz CT molecular complexity index is 257. The van der Waals surface area contributed by atoms with Crippen LogP contribution < -0.4 is 11.3 Å². The number of nitrogens with one attached hydrogen (secondary N) is 1. The van der Waals surface area contributed by atoms with E-state index in [0.29, 0.717) is 5.92 Å². The first kappa shape index (κ1) is 12.9. The van der Waals surface area contributed by atoms with E-state index >= 15 is 0 Å². The Morgan fingerprint density at radius 3 is 2.71 bits per heavy atom. The van der Waals surface area contributed by atoms with Crippen molar-refractivity contribution in [2.75, 3.05) is 6.61 Å². The molecule has 1 fully saturated rings. The summed E-state index contributed by atoms with van der Waals surface area (Å²) in [6.07, 6.45) is 11.3. The van der Waals surface area contributed by atoms with E-state index < -0.39 is 0 Å². The second-order valence-corrected chi connectivity index (χ2v) is 5.46. The molecule has 2 rings (SSSR count). The van der Waals surface area contributed by atoms with Gasteiger partial charge in [-0.1, -0.05) is 32.6 Å².